The molecule has 7 heteroatoms. The lowest BCUT2D eigenvalue weighted by Gasteiger charge is -2.35. The van der Waals surface area contributed by atoms with Crippen LogP contribution < -0.4 is 4.90 Å². The largest absolute Gasteiger partial charge is 0.353 e. The molecule has 1 saturated carbocycles. The van der Waals surface area contributed by atoms with Gasteiger partial charge < -0.3 is 9.80 Å². The SMILES string of the molecule is O=C(CCC1CCCCC1)N1CCN(c2cc(-n3ccnc3)ncn2)CC1. The highest BCUT2D eigenvalue weighted by molar-refractivity contribution is 5.76. The summed E-state index contributed by atoms with van der Waals surface area (Å²) in [7, 11) is 0. The number of hydrogen-bond donors (Lipinski definition) is 0. The standard InChI is InChI=1S/C20H28N6O/c27-20(7-6-17-4-2-1-3-5-17)25-12-10-24(11-13-25)18-14-19(23-15-22-18)26-9-8-21-16-26/h8-9,14-17H,1-7,10-13H2. The van der Waals surface area contributed by atoms with E-state index in [9.17, 15) is 4.79 Å². The second-order valence-electron chi connectivity index (χ2n) is 7.61. The van der Waals surface area contributed by atoms with Gasteiger partial charge >= 0.3 is 0 Å². The van der Waals surface area contributed by atoms with Crippen molar-refractivity contribution in [2.75, 3.05) is 31.1 Å². The van der Waals surface area contributed by atoms with Crippen molar-refractivity contribution in [1.82, 2.24) is 24.4 Å². The Morgan fingerprint density at radius 2 is 1.81 bits per heavy atom. The first-order valence-corrected chi connectivity index (χ1v) is 10.1. The van der Waals surface area contributed by atoms with Crippen LogP contribution in [0.3, 0.4) is 0 Å². The van der Waals surface area contributed by atoms with Crippen molar-refractivity contribution in [3.8, 4) is 5.82 Å². The minimum absolute atomic E-state index is 0.321. The highest BCUT2D eigenvalue weighted by Gasteiger charge is 2.23. The van der Waals surface area contributed by atoms with Gasteiger partial charge in [0.1, 0.15) is 24.3 Å². The molecule has 0 bridgehead atoms. The van der Waals surface area contributed by atoms with E-state index in [0.29, 0.717) is 12.3 Å². The van der Waals surface area contributed by atoms with Crippen LogP contribution in [-0.2, 0) is 4.79 Å². The first-order chi connectivity index (χ1) is 13.3. The lowest BCUT2D eigenvalue weighted by molar-refractivity contribution is -0.131. The fourth-order valence-electron chi connectivity index (χ4n) is 4.19. The maximum atomic E-state index is 12.6. The maximum Gasteiger partial charge on any atom is 0.222 e. The van der Waals surface area contributed by atoms with Crippen LogP contribution in [0.4, 0.5) is 5.82 Å². The molecule has 0 unspecified atom stereocenters. The minimum atomic E-state index is 0.321. The summed E-state index contributed by atoms with van der Waals surface area (Å²) in [5.74, 6) is 2.81. The number of aromatic nitrogens is 4. The molecule has 0 atom stereocenters. The normalized spacial score (nSPS) is 18.7. The average Bonchev–Trinajstić information content (AvgIpc) is 3.28. The van der Waals surface area contributed by atoms with E-state index in [0.717, 1.165) is 50.2 Å². The number of carbonyl (C=O) groups is 1. The molecule has 2 aromatic rings. The molecule has 1 aliphatic heterocycles. The number of anilines is 1. The Morgan fingerprint density at radius 1 is 1.04 bits per heavy atom. The van der Waals surface area contributed by atoms with Gasteiger partial charge in [0.2, 0.25) is 5.91 Å². The van der Waals surface area contributed by atoms with Crippen LogP contribution in [0.1, 0.15) is 44.9 Å². The Labute approximate surface area is 160 Å². The van der Waals surface area contributed by atoms with Crippen molar-refractivity contribution in [3.63, 3.8) is 0 Å². The zero-order chi connectivity index (χ0) is 18.5. The predicted octanol–water partition coefficient (Wildman–Crippen LogP) is 2.67. The third-order valence-electron chi connectivity index (χ3n) is 5.85. The molecule has 2 fully saturated rings. The molecule has 3 heterocycles. The van der Waals surface area contributed by atoms with Crippen LogP contribution in [0.5, 0.6) is 0 Å². The van der Waals surface area contributed by atoms with Gasteiger partial charge in [0.25, 0.3) is 0 Å². The Hall–Kier alpha value is -2.44. The Balaban J connectivity index is 1.28. The molecule has 0 N–H and O–H groups in total. The average molecular weight is 368 g/mol. The van der Waals surface area contributed by atoms with Gasteiger partial charge in [0.15, 0.2) is 0 Å². The van der Waals surface area contributed by atoms with Gasteiger partial charge in [-0.15, -0.1) is 0 Å². The van der Waals surface area contributed by atoms with Gasteiger partial charge in [-0.25, -0.2) is 15.0 Å². The number of carbonyl (C=O) groups excluding carboxylic acids is 1. The van der Waals surface area contributed by atoms with Crippen LogP contribution in [0.2, 0.25) is 0 Å². The van der Waals surface area contributed by atoms with E-state index in [-0.39, 0.29) is 0 Å². The zero-order valence-corrected chi connectivity index (χ0v) is 15.8. The minimum Gasteiger partial charge on any atom is -0.353 e. The first kappa shape index (κ1) is 17.9. The number of imidazole rings is 1. The number of hydrogen-bond acceptors (Lipinski definition) is 5. The monoisotopic (exact) mass is 368 g/mol. The highest BCUT2D eigenvalue weighted by Crippen LogP contribution is 2.27. The number of nitrogens with zero attached hydrogens (tertiary/aromatic N) is 6. The van der Waals surface area contributed by atoms with E-state index < -0.39 is 0 Å². The number of rotatable bonds is 5. The van der Waals surface area contributed by atoms with E-state index >= 15 is 0 Å². The molecule has 0 radical (unpaired) electrons. The summed E-state index contributed by atoms with van der Waals surface area (Å²) in [6, 6.07) is 1.97. The van der Waals surface area contributed by atoms with Crippen molar-refractivity contribution in [2.45, 2.75) is 44.9 Å². The molecule has 27 heavy (non-hydrogen) atoms. The summed E-state index contributed by atoms with van der Waals surface area (Å²) in [4.78, 5) is 29.6. The van der Waals surface area contributed by atoms with Crippen LogP contribution in [0, 0.1) is 5.92 Å². The molecule has 144 valence electrons. The summed E-state index contributed by atoms with van der Waals surface area (Å²) >= 11 is 0. The van der Waals surface area contributed by atoms with Gasteiger partial charge in [-0.05, 0) is 12.3 Å². The van der Waals surface area contributed by atoms with Crippen LogP contribution in [0.15, 0.2) is 31.1 Å². The van der Waals surface area contributed by atoms with Gasteiger partial charge in [0, 0.05) is 51.1 Å². The lowest BCUT2D eigenvalue weighted by atomic mass is 9.86. The van der Waals surface area contributed by atoms with Crippen LogP contribution in [0.25, 0.3) is 5.82 Å². The van der Waals surface area contributed by atoms with Crippen molar-refractivity contribution in [1.29, 1.82) is 0 Å². The molecule has 0 spiro atoms. The fraction of sp³-hybridized carbons (Fsp3) is 0.600. The summed E-state index contributed by atoms with van der Waals surface area (Å²) in [5.41, 5.74) is 0. The van der Waals surface area contributed by atoms with E-state index in [1.165, 1.54) is 32.1 Å². The molecule has 4 rings (SSSR count). The molecular formula is C20H28N6O. The summed E-state index contributed by atoms with van der Waals surface area (Å²) in [6.45, 7) is 3.17. The van der Waals surface area contributed by atoms with Crippen molar-refractivity contribution < 1.29 is 4.79 Å². The predicted molar refractivity (Wildman–Crippen MR) is 104 cm³/mol. The van der Waals surface area contributed by atoms with Gasteiger partial charge in [-0.3, -0.25) is 9.36 Å². The Morgan fingerprint density at radius 3 is 2.56 bits per heavy atom. The topological polar surface area (TPSA) is 67.2 Å². The highest BCUT2D eigenvalue weighted by atomic mass is 16.2. The molecular weight excluding hydrogens is 340 g/mol. The van der Waals surface area contributed by atoms with Crippen molar-refractivity contribution >= 4 is 11.7 Å². The number of amides is 1. The number of piperazine rings is 1. The molecule has 2 aromatic heterocycles. The zero-order valence-electron chi connectivity index (χ0n) is 15.8. The molecule has 0 aromatic carbocycles. The lowest BCUT2D eigenvalue weighted by Crippen LogP contribution is -2.49. The molecule has 2 aliphatic rings. The summed E-state index contributed by atoms with van der Waals surface area (Å²) < 4.78 is 1.87. The Kier molecular flexibility index (Phi) is 5.65. The smallest absolute Gasteiger partial charge is 0.222 e. The van der Waals surface area contributed by atoms with Gasteiger partial charge in [-0.2, -0.15) is 0 Å². The maximum absolute atomic E-state index is 12.6. The molecule has 1 aliphatic carbocycles. The third-order valence-corrected chi connectivity index (χ3v) is 5.85. The van der Waals surface area contributed by atoms with Crippen molar-refractivity contribution in [3.05, 3.63) is 31.1 Å². The van der Waals surface area contributed by atoms with E-state index in [1.54, 1.807) is 18.9 Å². The Bertz CT molecular complexity index is 733. The molecule has 1 saturated heterocycles. The van der Waals surface area contributed by atoms with E-state index in [4.69, 9.17) is 0 Å². The second kappa shape index (κ2) is 8.50. The third kappa shape index (κ3) is 4.46. The van der Waals surface area contributed by atoms with Gasteiger partial charge in [0.05, 0.1) is 0 Å². The molecule has 1 amide bonds. The molecule has 7 nitrogen and oxygen atoms in total. The quantitative estimate of drug-likeness (QED) is 0.812. The summed E-state index contributed by atoms with van der Waals surface area (Å²) in [6.07, 6.45) is 15.4. The second-order valence-corrected chi connectivity index (χ2v) is 7.61. The van der Waals surface area contributed by atoms with E-state index in [1.807, 2.05) is 21.7 Å². The van der Waals surface area contributed by atoms with Crippen molar-refractivity contribution in [2.24, 2.45) is 5.92 Å². The van der Waals surface area contributed by atoms with Crippen LogP contribution in [-0.4, -0.2) is 56.5 Å². The van der Waals surface area contributed by atoms with E-state index in [2.05, 4.69) is 19.9 Å². The van der Waals surface area contributed by atoms with Crippen LogP contribution >= 0.6 is 0 Å². The summed E-state index contributed by atoms with van der Waals surface area (Å²) in [5, 5.41) is 0. The first-order valence-electron chi connectivity index (χ1n) is 10.1. The van der Waals surface area contributed by atoms with Gasteiger partial charge in [-0.1, -0.05) is 32.1 Å². The fourth-order valence-corrected chi connectivity index (χ4v) is 4.19.